The van der Waals surface area contributed by atoms with Crippen LogP contribution in [0.15, 0.2) is 22.7 Å². The first kappa shape index (κ1) is 15.3. The van der Waals surface area contributed by atoms with Crippen LogP contribution in [0.25, 0.3) is 0 Å². The molecule has 1 aromatic heterocycles. The lowest BCUT2D eigenvalue weighted by Gasteiger charge is -2.13. The molecular formula is C14H16ClN3O3. The lowest BCUT2D eigenvalue weighted by atomic mass is 10.1. The summed E-state index contributed by atoms with van der Waals surface area (Å²) in [5, 5.41) is 7.07. The van der Waals surface area contributed by atoms with Crippen LogP contribution in [-0.4, -0.2) is 23.2 Å². The molecule has 6 nitrogen and oxygen atoms in total. The van der Waals surface area contributed by atoms with Crippen LogP contribution in [0.3, 0.4) is 0 Å². The third-order valence-electron chi connectivity index (χ3n) is 2.94. The van der Waals surface area contributed by atoms with Crippen molar-refractivity contribution in [2.45, 2.75) is 26.3 Å². The van der Waals surface area contributed by atoms with E-state index in [-0.39, 0.29) is 18.4 Å². The Kier molecular flexibility index (Phi) is 4.80. The molecule has 0 aliphatic rings. The molecule has 21 heavy (non-hydrogen) atoms. The lowest BCUT2D eigenvalue weighted by molar-refractivity contribution is -0.121. The topological polar surface area (TPSA) is 77.2 Å². The van der Waals surface area contributed by atoms with Crippen molar-refractivity contribution < 1.29 is 14.1 Å². The van der Waals surface area contributed by atoms with Gasteiger partial charge in [0.1, 0.15) is 5.75 Å². The molecule has 0 bridgehead atoms. The van der Waals surface area contributed by atoms with Gasteiger partial charge in [-0.2, -0.15) is 4.98 Å². The standard InChI is InChI=1S/C14H16ClN3O3/c1-8(14-17-9(2)21-18-14)16-13(19)7-10-11(15)5-4-6-12(10)20-3/h4-6,8H,7H2,1-3H3,(H,16,19)/t8-/m0/s1. The van der Waals surface area contributed by atoms with E-state index in [2.05, 4.69) is 15.5 Å². The number of benzene rings is 1. The predicted molar refractivity (Wildman–Crippen MR) is 77.3 cm³/mol. The summed E-state index contributed by atoms with van der Waals surface area (Å²) in [5.74, 6) is 1.28. The van der Waals surface area contributed by atoms with E-state index in [4.69, 9.17) is 20.9 Å². The SMILES string of the molecule is COc1cccc(Cl)c1CC(=O)N[C@@H](C)c1noc(C)n1. The minimum atomic E-state index is -0.344. The van der Waals surface area contributed by atoms with Gasteiger partial charge in [0.2, 0.25) is 11.8 Å². The number of methoxy groups -OCH3 is 1. The molecular weight excluding hydrogens is 294 g/mol. The highest BCUT2D eigenvalue weighted by molar-refractivity contribution is 6.31. The molecule has 0 spiro atoms. The summed E-state index contributed by atoms with van der Waals surface area (Å²) in [6.07, 6.45) is 0.115. The number of ether oxygens (including phenoxy) is 1. The van der Waals surface area contributed by atoms with Crippen LogP contribution >= 0.6 is 11.6 Å². The molecule has 7 heteroatoms. The largest absolute Gasteiger partial charge is 0.496 e. The Morgan fingerprint density at radius 1 is 1.52 bits per heavy atom. The van der Waals surface area contributed by atoms with Gasteiger partial charge in [0.05, 0.1) is 19.6 Å². The predicted octanol–water partition coefficient (Wildman–Crippen LogP) is 2.46. The van der Waals surface area contributed by atoms with Gasteiger partial charge in [0.25, 0.3) is 0 Å². The van der Waals surface area contributed by atoms with Crippen LogP contribution in [-0.2, 0) is 11.2 Å². The number of aryl methyl sites for hydroxylation is 1. The molecule has 1 amide bonds. The summed E-state index contributed by atoms with van der Waals surface area (Å²) >= 11 is 6.11. The third-order valence-corrected chi connectivity index (χ3v) is 3.30. The zero-order chi connectivity index (χ0) is 15.4. The van der Waals surface area contributed by atoms with Crippen molar-refractivity contribution in [2.24, 2.45) is 0 Å². The summed E-state index contributed by atoms with van der Waals surface area (Å²) in [6, 6.07) is 4.91. The fraction of sp³-hybridized carbons (Fsp3) is 0.357. The summed E-state index contributed by atoms with van der Waals surface area (Å²) in [6.45, 7) is 3.48. The second-order valence-electron chi connectivity index (χ2n) is 4.56. The van der Waals surface area contributed by atoms with Crippen molar-refractivity contribution in [2.75, 3.05) is 7.11 Å². The molecule has 112 valence electrons. The van der Waals surface area contributed by atoms with E-state index >= 15 is 0 Å². The maximum atomic E-state index is 12.1. The van der Waals surface area contributed by atoms with Gasteiger partial charge >= 0.3 is 0 Å². The number of hydrogen-bond donors (Lipinski definition) is 1. The van der Waals surface area contributed by atoms with E-state index < -0.39 is 0 Å². The Labute approximate surface area is 127 Å². The molecule has 0 radical (unpaired) electrons. The fourth-order valence-electron chi connectivity index (χ4n) is 1.91. The third kappa shape index (κ3) is 3.72. The summed E-state index contributed by atoms with van der Waals surface area (Å²) < 4.78 is 10.1. The van der Waals surface area contributed by atoms with Gasteiger partial charge in [-0.25, -0.2) is 0 Å². The lowest BCUT2D eigenvalue weighted by Crippen LogP contribution is -2.29. The van der Waals surface area contributed by atoms with Crippen LogP contribution in [0.1, 0.15) is 30.2 Å². The van der Waals surface area contributed by atoms with Crippen molar-refractivity contribution in [3.8, 4) is 5.75 Å². The van der Waals surface area contributed by atoms with Gasteiger partial charge in [0.15, 0.2) is 5.82 Å². The summed E-state index contributed by atoms with van der Waals surface area (Å²) in [4.78, 5) is 16.2. The molecule has 2 aromatic rings. The normalized spacial score (nSPS) is 12.0. The van der Waals surface area contributed by atoms with Crippen molar-refractivity contribution in [1.29, 1.82) is 0 Å². The monoisotopic (exact) mass is 309 g/mol. The highest BCUT2D eigenvalue weighted by Gasteiger charge is 2.17. The van der Waals surface area contributed by atoms with E-state index in [1.807, 2.05) is 0 Å². The first-order chi connectivity index (χ1) is 10.0. The van der Waals surface area contributed by atoms with E-state index in [9.17, 15) is 4.79 Å². The Morgan fingerprint density at radius 3 is 2.90 bits per heavy atom. The average Bonchev–Trinajstić information content (AvgIpc) is 2.87. The highest BCUT2D eigenvalue weighted by atomic mass is 35.5. The number of rotatable bonds is 5. The molecule has 0 fully saturated rings. The van der Waals surface area contributed by atoms with E-state index in [0.717, 1.165) is 0 Å². The van der Waals surface area contributed by atoms with Gasteiger partial charge < -0.3 is 14.6 Å². The zero-order valence-electron chi connectivity index (χ0n) is 12.0. The number of aromatic nitrogens is 2. The van der Waals surface area contributed by atoms with Crippen molar-refractivity contribution in [3.63, 3.8) is 0 Å². The zero-order valence-corrected chi connectivity index (χ0v) is 12.8. The van der Waals surface area contributed by atoms with Gasteiger partial charge in [-0.3, -0.25) is 4.79 Å². The van der Waals surface area contributed by atoms with Crippen LogP contribution in [0.4, 0.5) is 0 Å². The first-order valence-corrected chi connectivity index (χ1v) is 6.80. The highest BCUT2D eigenvalue weighted by Crippen LogP contribution is 2.26. The number of carbonyl (C=O) groups excluding carboxylic acids is 1. The second-order valence-corrected chi connectivity index (χ2v) is 4.97. The Hall–Kier alpha value is -2.08. The number of hydrogen-bond acceptors (Lipinski definition) is 5. The number of amides is 1. The smallest absolute Gasteiger partial charge is 0.225 e. The number of halogens is 1. The minimum absolute atomic E-state index is 0.115. The number of carbonyl (C=O) groups is 1. The quantitative estimate of drug-likeness (QED) is 0.918. The first-order valence-electron chi connectivity index (χ1n) is 6.42. The second kappa shape index (κ2) is 6.58. The van der Waals surface area contributed by atoms with Crippen molar-refractivity contribution in [3.05, 3.63) is 40.5 Å². The van der Waals surface area contributed by atoms with Gasteiger partial charge in [-0.1, -0.05) is 22.8 Å². The Balaban J connectivity index is 2.05. The van der Waals surface area contributed by atoms with Crippen LogP contribution in [0.2, 0.25) is 5.02 Å². The van der Waals surface area contributed by atoms with Gasteiger partial charge in [-0.15, -0.1) is 0 Å². The number of nitrogens with zero attached hydrogens (tertiary/aromatic N) is 2. The molecule has 1 N–H and O–H groups in total. The minimum Gasteiger partial charge on any atom is -0.496 e. The van der Waals surface area contributed by atoms with Crippen molar-refractivity contribution in [1.82, 2.24) is 15.5 Å². The molecule has 0 saturated carbocycles. The molecule has 1 heterocycles. The van der Waals surface area contributed by atoms with E-state index in [0.29, 0.717) is 28.1 Å². The van der Waals surface area contributed by atoms with Crippen LogP contribution < -0.4 is 10.1 Å². The molecule has 0 aliphatic heterocycles. The summed E-state index contributed by atoms with van der Waals surface area (Å²) in [5.41, 5.74) is 0.649. The summed E-state index contributed by atoms with van der Waals surface area (Å²) in [7, 11) is 1.54. The maximum absolute atomic E-state index is 12.1. The maximum Gasteiger partial charge on any atom is 0.225 e. The fourth-order valence-corrected chi connectivity index (χ4v) is 2.14. The van der Waals surface area contributed by atoms with Crippen LogP contribution in [0, 0.1) is 6.92 Å². The van der Waals surface area contributed by atoms with Crippen LogP contribution in [0.5, 0.6) is 5.75 Å². The molecule has 1 atom stereocenters. The van der Waals surface area contributed by atoms with Gasteiger partial charge in [-0.05, 0) is 19.1 Å². The van der Waals surface area contributed by atoms with Gasteiger partial charge in [0, 0.05) is 17.5 Å². The molecule has 0 saturated heterocycles. The molecule has 2 rings (SSSR count). The molecule has 1 aromatic carbocycles. The molecule has 0 unspecified atom stereocenters. The van der Waals surface area contributed by atoms with E-state index in [1.165, 1.54) is 7.11 Å². The Bertz CT molecular complexity index is 642. The Morgan fingerprint density at radius 2 is 2.29 bits per heavy atom. The van der Waals surface area contributed by atoms with E-state index in [1.54, 1.807) is 32.0 Å². The molecule has 0 aliphatic carbocycles. The van der Waals surface area contributed by atoms with Crippen molar-refractivity contribution >= 4 is 17.5 Å². The number of nitrogens with one attached hydrogen (secondary N) is 1. The average molecular weight is 310 g/mol.